The maximum atomic E-state index is 12.7. The summed E-state index contributed by atoms with van der Waals surface area (Å²) in [4.78, 5) is 22.4. The molecule has 168 valence electrons. The molecule has 1 amide bonds. The molecular formula is C26H23N7O. The first-order chi connectivity index (χ1) is 16.5. The minimum atomic E-state index is -0.155. The fourth-order valence-electron chi connectivity index (χ4n) is 3.87. The maximum Gasteiger partial charge on any atom is 0.251 e. The van der Waals surface area contributed by atoms with E-state index in [0.717, 1.165) is 44.8 Å². The Morgan fingerprint density at radius 3 is 2.76 bits per heavy atom. The lowest BCUT2D eigenvalue weighted by Crippen LogP contribution is -2.23. The smallest absolute Gasteiger partial charge is 0.251 e. The van der Waals surface area contributed by atoms with Gasteiger partial charge >= 0.3 is 0 Å². The monoisotopic (exact) mass is 449 g/mol. The fraction of sp³-hybridized carbons (Fsp3) is 0.0769. The van der Waals surface area contributed by atoms with E-state index in [0.29, 0.717) is 12.1 Å². The van der Waals surface area contributed by atoms with Crippen LogP contribution in [0.4, 0.5) is 5.69 Å². The number of aromatic amines is 1. The molecule has 0 aliphatic carbocycles. The number of hydrogen-bond donors (Lipinski definition) is 2. The summed E-state index contributed by atoms with van der Waals surface area (Å²) in [7, 11) is 1.90. The molecule has 0 fully saturated rings. The number of pyridine rings is 1. The average molecular weight is 450 g/mol. The van der Waals surface area contributed by atoms with Crippen LogP contribution in [0.15, 0.2) is 92.1 Å². The van der Waals surface area contributed by atoms with Gasteiger partial charge in [-0.2, -0.15) is 14.8 Å². The first kappa shape index (κ1) is 21.1. The van der Waals surface area contributed by atoms with Crippen molar-refractivity contribution in [3.05, 3.63) is 103 Å². The van der Waals surface area contributed by atoms with Gasteiger partial charge in [0, 0.05) is 53.0 Å². The SMILES string of the molecule is C=CC(=C)N(C)c1ccc(C(=O)NCc2cc3c(-c4cnn5ncccc45)ccnc3[nH]2)cc1. The largest absolute Gasteiger partial charge is 0.346 e. The van der Waals surface area contributed by atoms with Gasteiger partial charge in [-0.1, -0.05) is 13.2 Å². The van der Waals surface area contributed by atoms with Crippen LogP contribution in [0, 0.1) is 0 Å². The molecule has 0 bridgehead atoms. The van der Waals surface area contributed by atoms with Gasteiger partial charge in [0.05, 0.1) is 18.3 Å². The average Bonchev–Trinajstić information content (AvgIpc) is 3.50. The van der Waals surface area contributed by atoms with Crippen molar-refractivity contribution < 1.29 is 4.79 Å². The van der Waals surface area contributed by atoms with Gasteiger partial charge in [0.15, 0.2) is 0 Å². The van der Waals surface area contributed by atoms with Crippen LogP contribution in [0.25, 0.3) is 27.7 Å². The van der Waals surface area contributed by atoms with E-state index in [-0.39, 0.29) is 5.91 Å². The van der Waals surface area contributed by atoms with E-state index >= 15 is 0 Å². The summed E-state index contributed by atoms with van der Waals surface area (Å²) in [6, 6.07) is 15.2. The third-order valence-corrected chi connectivity index (χ3v) is 5.80. The number of H-pyrrole nitrogens is 1. The lowest BCUT2D eigenvalue weighted by atomic mass is 10.1. The second kappa shape index (κ2) is 8.67. The molecule has 0 aliphatic heterocycles. The number of aromatic nitrogens is 5. The number of hydrogen-bond acceptors (Lipinski definition) is 5. The van der Waals surface area contributed by atoms with Crippen LogP contribution in [0.1, 0.15) is 16.1 Å². The van der Waals surface area contributed by atoms with Crippen molar-refractivity contribution in [2.24, 2.45) is 0 Å². The van der Waals surface area contributed by atoms with E-state index in [2.05, 4.69) is 38.6 Å². The van der Waals surface area contributed by atoms with E-state index in [1.165, 1.54) is 0 Å². The predicted molar refractivity (Wildman–Crippen MR) is 133 cm³/mol. The summed E-state index contributed by atoms with van der Waals surface area (Å²) in [6.45, 7) is 8.02. The third-order valence-electron chi connectivity index (χ3n) is 5.80. The van der Waals surface area contributed by atoms with Gasteiger partial charge in [-0.25, -0.2) is 4.98 Å². The molecule has 8 heteroatoms. The van der Waals surface area contributed by atoms with Crippen LogP contribution in [0.5, 0.6) is 0 Å². The van der Waals surface area contributed by atoms with Crippen molar-refractivity contribution in [3.63, 3.8) is 0 Å². The van der Waals surface area contributed by atoms with Gasteiger partial charge in [0.2, 0.25) is 0 Å². The van der Waals surface area contributed by atoms with Gasteiger partial charge in [-0.05, 0) is 60.2 Å². The molecule has 0 aliphatic rings. The summed E-state index contributed by atoms with van der Waals surface area (Å²) >= 11 is 0. The molecule has 0 saturated heterocycles. The summed E-state index contributed by atoms with van der Waals surface area (Å²) in [5.41, 5.74) is 6.79. The quantitative estimate of drug-likeness (QED) is 0.361. The van der Waals surface area contributed by atoms with Gasteiger partial charge in [-0.15, -0.1) is 0 Å². The minimum absolute atomic E-state index is 0.155. The van der Waals surface area contributed by atoms with E-state index < -0.39 is 0 Å². The Labute approximate surface area is 196 Å². The van der Waals surface area contributed by atoms with Gasteiger partial charge < -0.3 is 15.2 Å². The van der Waals surface area contributed by atoms with Gasteiger partial charge in [0.25, 0.3) is 5.91 Å². The van der Waals surface area contributed by atoms with Crippen LogP contribution in [-0.2, 0) is 6.54 Å². The highest BCUT2D eigenvalue weighted by Crippen LogP contribution is 2.30. The molecule has 4 aromatic heterocycles. The Bertz CT molecular complexity index is 1530. The van der Waals surface area contributed by atoms with E-state index in [1.54, 1.807) is 41.4 Å². The summed E-state index contributed by atoms with van der Waals surface area (Å²) < 4.78 is 1.60. The lowest BCUT2D eigenvalue weighted by molar-refractivity contribution is 0.0950. The Morgan fingerprint density at radius 1 is 1.15 bits per heavy atom. The van der Waals surface area contributed by atoms with Crippen molar-refractivity contribution in [2.45, 2.75) is 6.54 Å². The van der Waals surface area contributed by atoms with Crippen molar-refractivity contribution in [1.29, 1.82) is 0 Å². The summed E-state index contributed by atoms with van der Waals surface area (Å²) in [5, 5.41) is 12.5. The predicted octanol–water partition coefficient (Wildman–Crippen LogP) is 4.34. The molecule has 5 rings (SSSR count). The number of allylic oxidation sites excluding steroid dienone is 1. The number of nitrogens with zero attached hydrogens (tertiary/aromatic N) is 5. The highest BCUT2D eigenvalue weighted by Gasteiger charge is 2.14. The van der Waals surface area contributed by atoms with Crippen LogP contribution >= 0.6 is 0 Å². The summed E-state index contributed by atoms with van der Waals surface area (Å²) in [6.07, 6.45) is 6.95. The molecule has 2 N–H and O–H groups in total. The molecule has 0 spiro atoms. The molecule has 0 radical (unpaired) electrons. The number of carbonyl (C=O) groups excluding carboxylic acids is 1. The Hall–Kier alpha value is -4.72. The molecule has 5 aromatic rings. The number of benzene rings is 1. The summed E-state index contributed by atoms with van der Waals surface area (Å²) in [5.74, 6) is -0.155. The van der Waals surface area contributed by atoms with Gasteiger partial charge in [0.1, 0.15) is 5.65 Å². The van der Waals surface area contributed by atoms with E-state index in [4.69, 9.17) is 0 Å². The zero-order valence-corrected chi connectivity index (χ0v) is 18.7. The third kappa shape index (κ3) is 3.81. The minimum Gasteiger partial charge on any atom is -0.346 e. The molecule has 1 aromatic carbocycles. The fourth-order valence-corrected chi connectivity index (χ4v) is 3.87. The van der Waals surface area contributed by atoms with E-state index in [1.807, 2.05) is 48.3 Å². The Balaban J connectivity index is 1.34. The molecule has 0 atom stereocenters. The Kier molecular flexibility index (Phi) is 5.39. The second-order valence-corrected chi connectivity index (χ2v) is 7.86. The number of carbonyl (C=O) groups is 1. The highest BCUT2D eigenvalue weighted by molar-refractivity contribution is 5.98. The van der Waals surface area contributed by atoms with Crippen LogP contribution in [0.2, 0.25) is 0 Å². The first-order valence-electron chi connectivity index (χ1n) is 10.7. The zero-order valence-electron chi connectivity index (χ0n) is 18.7. The number of fused-ring (bicyclic) bond motifs is 2. The van der Waals surface area contributed by atoms with E-state index in [9.17, 15) is 4.79 Å². The number of anilines is 1. The number of likely N-dealkylation sites (N-methyl/N-ethyl adjacent to an activating group) is 1. The zero-order chi connectivity index (χ0) is 23.7. The number of rotatable bonds is 7. The van der Waals surface area contributed by atoms with Crippen molar-refractivity contribution in [2.75, 3.05) is 11.9 Å². The van der Waals surface area contributed by atoms with Crippen LogP contribution < -0.4 is 10.2 Å². The Morgan fingerprint density at radius 2 is 1.97 bits per heavy atom. The normalized spacial score (nSPS) is 11.0. The van der Waals surface area contributed by atoms with Crippen LogP contribution in [-0.4, -0.2) is 37.8 Å². The van der Waals surface area contributed by atoms with Crippen molar-refractivity contribution in [1.82, 2.24) is 30.1 Å². The maximum absolute atomic E-state index is 12.7. The molecule has 4 heterocycles. The van der Waals surface area contributed by atoms with Crippen LogP contribution in [0.3, 0.4) is 0 Å². The number of nitrogens with one attached hydrogen (secondary N) is 2. The highest BCUT2D eigenvalue weighted by atomic mass is 16.1. The van der Waals surface area contributed by atoms with Gasteiger partial charge in [-0.3, -0.25) is 4.79 Å². The first-order valence-corrected chi connectivity index (χ1v) is 10.7. The molecule has 8 nitrogen and oxygen atoms in total. The van der Waals surface area contributed by atoms with Crippen molar-refractivity contribution >= 4 is 28.1 Å². The van der Waals surface area contributed by atoms with Crippen molar-refractivity contribution in [3.8, 4) is 11.1 Å². The molecule has 0 unspecified atom stereocenters. The lowest BCUT2D eigenvalue weighted by Gasteiger charge is -2.19. The topological polar surface area (TPSA) is 91.2 Å². The number of amides is 1. The second-order valence-electron chi connectivity index (χ2n) is 7.86. The standard InChI is InChI=1S/C26H23N7O/c1-4-17(2)32(3)20-9-7-18(8-10-20)26(34)28-15-19-14-22-21(11-13-27-25(22)31-19)23-16-30-33-24(23)6-5-12-29-33/h4-14,16H,1-2,15H2,3H3,(H,27,31)(H,28,34). The molecule has 34 heavy (non-hydrogen) atoms. The molecule has 0 saturated carbocycles. The molecular weight excluding hydrogens is 426 g/mol.